The second-order valence-corrected chi connectivity index (χ2v) is 16.3. The molecule has 0 N–H and O–H groups in total. The maximum Gasteiger partial charge on any atom is 0.217 e. The molecule has 0 bridgehead atoms. The van der Waals surface area contributed by atoms with E-state index in [0.29, 0.717) is 12.4 Å². The van der Waals surface area contributed by atoms with Gasteiger partial charge < -0.3 is 13.9 Å². The summed E-state index contributed by atoms with van der Waals surface area (Å²) in [5, 5.41) is -0.0152. The van der Waals surface area contributed by atoms with Crippen LogP contribution in [-0.2, 0) is 20.5 Å². The van der Waals surface area contributed by atoms with E-state index in [9.17, 15) is 4.79 Å². The predicted molar refractivity (Wildman–Crippen MR) is 139 cm³/mol. The van der Waals surface area contributed by atoms with Gasteiger partial charge in [0.25, 0.3) is 0 Å². The fraction of sp³-hybridized carbons (Fsp3) is 0.500. The summed E-state index contributed by atoms with van der Waals surface area (Å²) in [6.45, 7) is 13.7. The quantitative estimate of drug-likeness (QED) is 0.427. The van der Waals surface area contributed by atoms with Crippen LogP contribution in [0.5, 0.6) is 5.75 Å². The van der Waals surface area contributed by atoms with Gasteiger partial charge in [-0.15, -0.1) is 0 Å². The third-order valence-electron chi connectivity index (χ3n) is 8.37. The van der Waals surface area contributed by atoms with E-state index in [-0.39, 0.29) is 29.0 Å². The van der Waals surface area contributed by atoms with Crippen LogP contribution in [-0.4, -0.2) is 61.8 Å². The first-order valence-electron chi connectivity index (χ1n) is 12.4. The number of likely N-dealkylation sites (tertiary alicyclic amines) is 1. The second kappa shape index (κ2) is 8.29. The number of benzene rings is 2. The zero-order valence-electron chi connectivity index (χ0n) is 21.7. The molecule has 4 unspecified atom stereocenters. The monoisotopic (exact) mass is 492 g/mol. The lowest BCUT2D eigenvalue weighted by Gasteiger charge is -2.43. The minimum absolute atomic E-state index is 0.0152. The molecule has 3 aliphatic rings. The maximum atomic E-state index is 13.9. The molecule has 1 saturated heterocycles. The number of fused-ring (bicyclic) bond motifs is 2. The minimum atomic E-state index is -2.23. The molecule has 1 saturated carbocycles. The Balaban J connectivity index is 1.51. The van der Waals surface area contributed by atoms with E-state index in [1.807, 2.05) is 49.4 Å². The largest absolute Gasteiger partial charge is 0.497 e. The summed E-state index contributed by atoms with van der Waals surface area (Å²) in [4.78, 5) is 21.4. The number of rotatable bonds is 6. The lowest BCUT2D eigenvalue weighted by molar-refractivity contribution is -0.129. The van der Waals surface area contributed by atoms with Crippen LogP contribution in [0, 0.1) is 0 Å². The molecule has 186 valence electrons. The molecule has 1 spiro atoms. The summed E-state index contributed by atoms with van der Waals surface area (Å²) in [7, 11) is -0.565. The summed E-state index contributed by atoms with van der Waals surface area (Å²) >= 11 is 0. The van der Waals surface area contributed by atoms with E-state index in [2.05, 4.69) is 50.9 Å². The number of carbonyl (C=O) groups excluding carboxylic acids is 1. The molecular weight excluding hydrogens is 456 g/mol. The van der Waals surface area contributed by atoms with Crippen LogP contribution in [0.25, 0.3) is 0 Å². The number of piperidine rings is 1. The van der Waals surface area contributed by atoms with Crippen LogP contribution < -0.4 is 4.74 Å². The highest BCUT2D eigenvalue weighted by Gasteiger charge is 2.78. The Bertz CT molecular complexity index is 1140. The van der Waals surface area contributed by atoms with Gasteiger partial charge in [-0.3, -0.25) is 9.69 Å². The van der Waals surface area contributed by atoms with Gasteiger partial charge in [-0.25, -0.2) is 4.99 Å². The van der Waals surface area contributed by atoms with Crippen molar-refractivity contribution in [2.45, 2.75) is 82.2 Å². The van der Waals surface area contributed by atoms with Crippen molar-refractivity contribution in [2.24, 2.45) is 4.99 Å². The molecule has 2 aliphatic heterocycles. The van der Waals surface area contributed by atoms with Gasteiger partial charge in [0.15, 0.2) is 19.6 Å². The van der Waals surface area contributed by atoms with Crippen LogP contribution in [0.3, 0.4) is 0 Å². The van der Waals surface area contributed by atoms with Crippen molar-refractivity contribution in [3.63, 3.8) is 0 Å². The Hall–Kier alpha value is -2.48. The Morgan fingerprint density at radius 1 is 1.09 bits per heavy atom. The molecule has 5 rings (SSSR count). The van der Waals surface area contributed by atoms with E-state index in [1.165, 1.54) is 0 Å². The van der Waals surface area contributed by atoms with Gasteiger partial charge in [-0.1, -0.05) is 51.1 Å². The van der Waals surface area contributed by atoms with Gasteiger partial charge in [0, 0.05) is 12.1 Å². The molecule has 2 heterocycles. The lowest BCUT2D eigenvalue weighted by Crippen LogP contribution is -2.59. The maximum absolute atomic E-state index is 13.9. The third-order valence-corrected chi connectivity index (χ3v) is 12.8. The first kappa shape index (κ1) is 24.2. The normalized spacial score (nSPS) is 31.8. The molecule has 7 heteroatoms. The van der Waals surface area contributed by atoms with E-state index < -0.39 is 20.0 Å². The van der Waals surface area contributed by atoms with Crippen molar-refractivity contribution in [2.75, 3.05) is 7.11 Å². The van der Waals surface area contributed by atoms with Gasteiger partial charge in [0.2, 0.25) is 5.90 Å². The van der Waals surface area contributed by atoms with Crippen molar-refractivity contribution in [3.8, 4) is 5.75 Å². The number of hydrogen-bond acceptors (Lipinski definition) is 6. The van der Waals surface area contributed by atoms with Crippen LogP contribution in [0.15, 0.2) is 59.6 Å². The first-order valence-corrected chi connectivity index (χ1v) is 15.3. The van der Waals surface area contributed by atoms with E-state index >= 15 is 0 Å². The summed E-state index contributed by atoms with van der Waals surface area (Å²) in [6.07, 6.45) is -0.867. The molecule has 2 aromatic rings. The van der Waals surface area contributed by atoms with Crippen LogP contribution >= 0.6 is 0 Å². The zero-order chi connectivity index (χ0) is 25.2. The molecule has 0 aromatic heterocycles. The van der Waals surface area contributed by atoms with Crippen molar-refractivity contribution in [1.29, 1.82) is 0 Å². The Labute approximate surface area is 209 Å². The summed E-state index contributed by atoms with van der Waals surface area (Å²) in [5.41, 5.74) is 1.32. The van der Waals surface area contributed by atoms with Gasteiger partial charge >= 0.3 is 0 Å². The minimum Gasteiger partial charge on any atom is -0.497 e. The molecular formula is C28H36N2O4Si. The standard InChI is InChI=1S/C28H36N2O4Si/c1-18-28(29-26(33-18)20-11-9-8-10-12-20)24-22(23(31)25(28)34-35(6,7)27(2,3)4)30(24)17-19-13-15-21(32-5)16-14-19/h8-16,18,22,24-25H,17H2,1-7H3/t18?,22-,24?,25?,28-,30?/m0/s1. The molecule has 0 radical (unpaired) electrons. The van der Waals surface area contributed by atoms with Crippen LogP contribution in [0.4, 0.5) is 0 Å². The number of nitrogens with zero attached hydrogens (tertiary/aromatic N) is 2. The van der Waals surface area contributed by atoms with Crippen LogP contribution in [0.2, 0.25) is 18.1 Å². The van der Waals surface area contributed by atoms with Crippen molar-refractivity contribution in [3.05, 3.63) is 65.7 Å². The summed E-state index contributed by atoms with van der Waals surface area (Å²) in [5.74, 6) is 1.57. The molecule has 6 atom stereocenters. The van der Waals surface area contributed by atoms with E-state index in [1.54, 1.807) is 7.11 Å². The predicted octanol–water partition coefficient (Wildman–Crippen LogP) is 4.83. The number of ether oxygens (including phenoxy) is 2. The fourth-order valence-electron chi connectivity index (χ4n) is 5.26. The Morgan fingerprint density at radius 3 is 2.34 bits per heavy atom. The number of carbonyl (C=O) groups is 1. The van der Waals surface area contributed by atoms with Crippen molar-refractivity contribution < 1.29 is 18.7 Å². The lowest BCUT2D eigenvalue weighted by atomic mass is 9.88. The highest BCUT2D eigenvalue weighted by Crippen LogP contribution is 2.56. The van der Waals surface area contributed by atoms with Gasteiger partial charge in [0.05, 0.1) is 19.2 Å². The Morgan fingerprint density at radius 2 is 1.74 bits per heavy atom. The van der Waals surface area contributed by atoms with Gasteiger partial charge in [0.1, 0.15) is 18.0 Å². The summed E-state index contributed by atoms with van der Waals surface area (Å²) < 4.78 is 18.5. The number of Topliss-reactive ketones (excluding diaryl/α,β-unsaturated/α-hetero) is 1. The Kier molecular flexibility index (Phi) is 5.73. The zero-order valence-corrected chi connectivity index (χ0v) is 22.7. The van der Waals surface area contributed by atoms with Crippen molar-refractivity contribution in [1.82, 2.24) is 4.90 Å². The third kappa shape index (κ3) is 3.84. The highest BCUT2D eigenvalue weighted by atomic mass is 28.4. The highest BCUT2D eigenvalue weighted by molar-refractivity contribution is 6.74. The number of methoxy groups -OCH3 is 1. The molecule has 1 aliphatic carbocycles. The number of ketones is 1. The molecule has 2 fully saturated rings. The fourth-order valence-corrected chi connectivity index (χ4v) is 6.51. The molecule has 0 amide bonds. The average Bonchev–Trinajstić information content (AvgIpc) is 3.34. The second-order valence-electron chi connectivity index (χ2n) is 11.5. The molecule has 6 nitrogen and oxygen atoms in total. The van der Waals surface area contributed by atoms with Crippen LogP contribution in [0.1, 0.15) is 38.8 Å². The number of hydrogen-bond donors (Lipinski definition) is 0. The smallest absolute Gasteiger partial charge is 0.217 e. The van der Waals surface area contributed by atoms with Gasteiger partial charge in [-0.2, -0.15) is 0 Å². The first-order chi connectivity index (χ1) is 16.5. The molecule has 35 heavy (non-hydrogen) atoms. The average molecular weight is 493 g/mol. The van der Waals surface area contributed by atoms with E-state index in [4.69, 9.17) is 18.9 Å². The van der Waals surface area contributed by atoms with E-state index in [0.717, 1.165) is 16.9 Å². The molecule has 2 aromatic carbocycles. The SMILES string of the molecule is COc1ccc(CN2C3[C@@H]2C(=O)C(O[Si](C)(C)C(C)(C)C)[C@@]32N=C(c3ccccc3)OC2C)cc1. The topological polar surface area (TPSA) is 60.1 Å². The number of aliphatic imine (C=N–C) groups is 1. The summed E-state index contributed by atoms with van der Waals surface area (Å²) in [6, 6.07) is 17.8. The van der Waals surface area contributed by atoms with Gasteiger partial charge in [-0.05, 0) is 54.9 Å². The van der Waals surface area contributed by atoms with Crippen molar-refractivity contribution >= 4 is 20.0 Å².